The van der Waals surface area contributed by atoms with Crippen molar-refractivity contribution in [1.29, 1.82) is 0 Å². The molecule has 0 aromatic heterocycles. The van der Waals surface area contributed by atoms with Crippen molar-refractivity contribution in [2.24, 2.45) is 0 Å². The highest BCUT2D eigenvalue weighted by Crippen LogP contribution is 2.34. The highest BCUT2D eigenvalue weighted by atomic mass is 32.2. The number of nitrogens with zero attached hydrogens (tertiary/aromatic N) is 1. The Bertz CT molecular complexity index is 836. The Morgan fingerprint density at radius 2 is 1.81 bits per heavy atom. The summed E-state index contributed by atoms with van der Waals surface area (Å²) < 4.78 is 11.7. The molecule has 0 bridgehead atoms. The molecule has 0 unspecified atom stereocenters. The lowest BCUT2D eigenvalue weighted by molar-refractivity contribution is -0.128. The number of rotatable bonds is 3. The number of carbonyl (C=O) groups excluding carboxylic acids is 1. The first-order valence-corrected chi connectivity index (χ1v) is 10.4. The van der Waals surface area contributed by atoms with Crippen LogP contribution in [-0.4, -0.2) is 42.7 Å². The fourth-order valence-corrected chi connectivity index (χ4v) is 4.32. The number of benzene rings is 2. The van der Waals surface area contributed by atoms with Gasteiger partial charge in [0.05, 0.1) is 0 Å². The van der Waals surface area contributed by atoms with Crippen molar-refractivity contribution >= 4 is 29.0 Å². The predicted octanol–water partition coefficient (Wildman–Crippen LogP) is 3.72. The van der Waals surface area contributed by atoms with Crippen LogP contribution in [0.4, 0.5) is 11.4 Å². The molecule has 4 rings (SSSR count). The van der Waals surface area contributed by atoms with Gasteiger partial charge in [0.1, 0.15) is 6.10 Å². The molecule has 27 heavy (non-hydrogen) atoms. The lowest BCUT2D eigenvalue weighted by Crippen LogP contribution is -2.46. The van der Waals surface area contributed by atoms with E-state index in [9.17, 15) is 4.79 Å². The minimum atomic E-state index is -0.682. The Hall–Kier alpha value is -2.34. The van der Waals surface area contributed by atoms with Gasteiger partial charge in [0, 0.05) is 36.0 Å². The van der Waals surface area contributed by atoms with Crippen LogP contribution in [0.15, 0.2) is 42.5 Å². The van der Waals surface area contributed by atoms with Crippen molar-refractivity contribution in [3.8, 4) is 11.5 Å². The Labute approximate surface area is 164 Å². The van der Waals surface area contributed by atoms with Crippen molar-refractivity contribution in [1.82, 2.24) is 0 Å². The number of ether oxygens (including phenoxy) is 2. The van der Waals surface area contributed by atoms with E-state index in [2.05, 4.69) is 22.3 Å². The molecular formula is C21H24N2O3S. The summed E-state index contributed by atoms with van der Waals surface area (Å²) >= 11 is 2.00. The van der Waals surface area contributed by atoms with Crippen LogP contribution in [0.25, 0.3) is 0 Å². The minimum absolute atomic E-state index is 0.192. The number of nitrogens with one attached hydrogen (secondary N) is 1. The number of aryl methyl sites for hydroxylation is 1. The van der Waals surface area contributed by atoms with Crippen LogP contribution in [0, 0.1) is 6.92 Å². The molecule has 6 heteroatoms. The number of carbonyl (C=O) groups is 1. The van der Waals surface area contributed by atoms with E-state index in [4.69, 9.17) is 9.47 Å². The molecule has 1 fully saturated rings. The highest BCUT2D eigenvalue weighted by molar-refractivity contribution is 7.99. The van der Waals surface area contributed by atoms with Crippen LogP contribution in [0.5, 0.6) is 11.5 Å². The van der Waals surface area contributed by atoms with Crippen LogP contribution < -0.4 is 19.7 Å². The number of hydrogen-bond acceptors (Lipinski definition) is 5. The van der Waals surface area contributed by atoms with Crippen molar-refractivity contribution in [3.05, 3.63) is 48.0 Å². The quantitative estimate of drug-likeness (QED) is 0.874. The standard InChI is InChI=1S/C21H24N2O3S/c1-14-13-16(23-9-11-27-12-10-23)7-8-17(14)22-21(24)20-15(2)25-18-5-3-4-6-19(18)26-20/h3-8,13,15,20H,9-12H2,1-2H3,(H,22,24)/t15-,20+/m1/s1. The summed E-state index contributed by atoms with van der Waals surface area (Å²) in [6.45, 7) is 6.01. The maximum Gasteiger partial charge on any atom is 0.269 e. The van der Waals surface area contributed by atoms with Gasteiger partial charge in [0.25, 0.3) is 5.91 Å². The molecule has 2 atom stereocenters. The van der Waals surface area contributed by atoms with E-state index in [0.29, 0.717) is 11.5 Å². The van der Waals surface area contributed by atoms with Crippen LogP contribution in [0.3, 0.4) is 0 Å². The molecule has 0 aliphatic carbocycles. The van der Waals surface area contributed by atoms with Crippen molar-refractivity contribution < 1.29 is 14.3 Å². The third kappa shape index (κ3) is 3.86. The lowest BCUT2D eigenvalue weighted by atomic mass is 10.1. The topological polar surface area (TPSA) is 50.8 Å². The fourth-order valence-electron chi connectivity index (χ4n) is 3.42. The lowest BCUT2D eigenvalue weighted by Gasteiger charge is -2.31. The van der Waals surface area contributed by atoms with E-state index in [-0.39, 0.29) is 12.0 Å². The summed E-state index contributed by atoms with van der Waals surface area (Å²) in [6.07, 6.45) is -1.04. The summed E-state index contributed by atoms with van der Waals surface area (Å²) in [7, 11) is 0. The first-order chi connectivity index (χ1) is 13.1. The monoisotopic (exact) mass is 384 g/mol. The number of fused-ring (bicyclic) bond motifs is 1. The molecular weight excluding hydrogens is 360 g/mol. The number of amides is 1. The first-order valence-electron chi connectivity index (χ1n) is 9.28. The zero-order chi connectivity index (χ0) is 18.8. The summed E-state index contributed by atoms with van der Waals surface area (Å²) in [6, 6.07) is 13.6. The second-order valence-corrected chi connectivity index (χ2v) is 8.12. The molecule has 0 spiro atoms. The summed E-state index contributed by atoms with van der Waals surface area (Å²) in [5.41, 5.74) is 3.07. The van der Waals surface area contributed by atoms with Gasteiger partial charge >= 0.3 is 0 Å². The molecule has 1 amide bonds. The van der Waals surface area contributed by atoms with Gasteiger partial charge in [-0.2, -0.15) is 11.8 Å². The Balaban J connectivity index is 1.46. The van der Waals surface area contributed by atoms with E-state index in [1.54, 1.807) is 0 Å². The van der Waals surface area contributed by atoms with Gasteiger partial charge in [-0.15, -0.1) is 0 Å². The number of hydrogen-bond donors (Lipinski definition) is 1. The highest BCUT2D eigenvalue weighted by Gasteiger charge is 2.34. The van der Waals surface area contributed by atoms with E-state index in [1.165, 1.54) is 5.69 Å². The van der Waals surface area contributed by atoms with E-state index < -0.39 is 6.10 Å². The number of thioether (sulfide) groups is 1. The molecule has 2 aromatic rings. The van der Waals surface area contributed by atoms with Crippen molar-refractivity contribution in [3.63, 3.8) is 0 Å². The number of anilines is 2. The van der Waals surface area contributed by atoms with Gasteiger partial charge in [-0.1, -0.05) is 12.1 Å². The van der Waals surface area contributed by atoms with Gasteiger partial charge in [0.15, 0.2) is 11.5 Å². The second-order valence-electron chi connectivity index (χ2n) is 6.90. The van der Waals surface area contributed by atoms with Crippen LogP contribution >= 0.6 is 11.8 Å². The average molecular weight is 385 g/mol. The predicted molar refractivity (Wildman–Crippen MR) is 110 cm³/mol. The largest absolute Gasteiger partial charge is 0.482 e. The molecule has 142 valence electrons. The molecule has 0 radical (unpaired) electrons. The molecule has 2 aliphatic heterocycles. The molecule has 1 saturated heterocycles. The maximum atomic E-state index is 12.8. The summed E-state index contributed by atoms with van der Waals surface area (Å²) in [5, 5.41) is 3.00. The molecule has 2 aliphatic rings. The number of para-hydroxylation sites is 2. The minimum Gasteiger partial charge on any atom is -0.482 e. The zero-order valence-electron chi connectivity index (χ0n) is 15.6. The molecule has 1 N–H and O–H groups in total. The van der Waals surface area contributed by atoms with Gasteiger partial charge in [-0.05, 0) is 49.7 Å². The normalized spacial score (nSPS) is 21.6. The van der Waals surface area contributed by atoms with Gasteiger partial charge < -0.3 is 19.7 Å². The third-order valence-electron chi connectivity index (χ3n) is 4.94. The fraction of sp³-hybridized carbons (Fsp3) is 0.381. The Morgan fingerprint density at radius 1 is 1.11 bits per heavy atom. The second kappa shape index (κ2) is 7.72. The third-order valence-corrected chi connectivity index (χ3v) is 5.89. The molecule has 0 saturated carbocycles. The van der Waals surface area contributed by atoms with Crippen LogP contribution in [0.1, 0.15) is 12.5 Å². The summed E-state index contributed by atoms with van der Waals surface area (Å²) in [4.78, 5) is 15.2. The van der Waals surface area contributed by atoms with Crippen LogP contribution in [-0.2, 0) is 4.79 Å². The van der Waals surface area contributed by atoms with E-state index >= 15 is 0 Å². The van der Waals surface area contributed by atoms with Crippen LogP contribution in [0.2, 0.25) is 0 Å². The molecule has 2 heterocycles. The van der Waals surface area contributed by atoms with E-state index in [0.717, 1.165) is 35.8 Å². The molecule has 5 nitrogen and oxygen atoms in total. The maximum absolute atomic E-state index is 12.8. The first kappa shape index (κ1) is 18.0. The molecule has 2 aromatic carbocycles. The van der Waals surface area contributed by atoms with E-state index in [1.807, 2.05) is 55.9 Å². The smallest absolute Gasteiger partial charge is 0.269 e. The van der Waals surface area contributed by atoms with Gasteiger partial charge in [0.2, 0.25) is 6.10 Å². The van der Waals surface area contributed by atoms with Crippen molar-refractivity contribution in [2.75, 3.05) is 34.8 Å². The SMILES string of the molecule is Cc1cc(N2CCSCC2)ccc1NC(=O)[C@H]1Oc2ccccc2O[C@@H]1C. The average Bonchev–Trinajstić information content (AvgIpc) is 2.69. The Kier molecular flexibility index (Phi) is 5.16. The van der Waals surface area contributed by atoms with Gasteiger partial charge in [-0.25, -0.2) is 0 Å². The zero-order valence-corrected chi connectivity index (χ0v) is 16.4. The van der Waals surface area contributed by atoms with Crippen molar-refractivity contribution in [2.45, 2.75) is 26.1 Å². The van der Waals surface area contributed by atoms with Gasteiger partial charge in [-0.3, -0.25) is 4.79 Å². The Morgan fingerprint density at radius 3 is 2.52 bits per heavy atom. The summed E-state index contributed by atoms with van der Waals surface area (Å²) in [5.74, 6) is 3.41.